The second kappa shape index (κ2) is 6.15. The van der Waals surface area contributed by atoms with Crippen LogP contribution in [0.25, 0.3) is 0 Å². The normalized spacial score (nSPS) is 15.5. The van der Waals surface area contributed by atoms with Crippen molar-refractivity contribution in [3.05, 3.63) is 42.0 Å². The van der Waals surface area contributed by atoms with Crippen molar-refractivity contribution in [2.45, 2.75) is 13.1 Å². The Morgan fingerprint density at radius 3 is 2.86 bits per heavy atom. The molecule has 3 rings (SSSR count). The molecule has 0 aliphatic carbocycles. The van der Waals surface area contributed by atoms with Crippen molar-refractivity contribution < 1.29 is 14.6 Å². The Labute approximate surface area is 128 Å². The van der Waals surface area contributed by atoms with E-state index in [1.54, 1.807) is 18.1 Å². The SMILES string of the molecule is COc1ccc(CN2CC(C(=O)O)C2)cc1Cn1cncn1. The van der Waals surface area contributed by atoms with Gasteiger partial charge in [-0.05, 0) is 17.7 Å². The van der Waals surface area contributed by atoms with Gasteiger partial charge in [0.15, 0.2) is 0 Å². The van der Waals surface area contributed by atoms with E-state index in [1.165, 1.54) is 6.33 Å². The summed E-state index contributed by atoms with van der Waals surface area (Å²) in [7, 11) is 1.65. The lowest BCUT2D eigenvalue weighted by Crippen LogP contribution is -2.49. The topological polar surface area (TPSA) is 80.5 Å². The van der Waals surface area contributed by atoms with Gasteiger partial charge in [-0.3, -0.25) is 9.69 Å². The number of rotatable bonds is 6. The molecule has 0 unspecified atom stereocenters. The number of ether oxygens (including phenoxy) is 1. The number of aromatic nitrogens is 3. The van der Waals surface area contributed by atoms with Gasteiger partial charge in [0.2, 0.25) is 0 Å². The fourth-order valence-corrected chi connectivity index (χ4v) is 2.66. The van der Waals surface area contributed by atoms with Crippen molar-refractivity contribution in [2.24, 2.45) is 5.92 Å². The van der Waals surface area contributed by atoms with Crippen molar-refractivity contribution in [3.8, 4) is 5.75 Å². The average Bonchev–Trinajstić information content (AvgIpc) is 2.95. The molecule has 0 saturated carbocycles. The number of hydrogen-bond acceptors (Lipinski definition) is 5. The summed E-state index contributed by atoms with van der Waals surface area (Å²) >= 11 is 0. The molecule has 1 saturated heterocycles. The van der Waals surface area contributed by atoms with Crippen molar-refractivity contribution in [2.75, 3.05) is 20.2 Å². The second-order valence-electron chi connectivity index (χ2n) is 5.47. The Hall–Kier alpha value is -2.41. The molecule has 0 amide bonds. The first-order valence-electron chi connectivity index (χ1n) is 7.09. The minimum absolute atomic E-state index is 0.229. The van der Waals surface area contributed by atoms with Gasteiger partial charge in [-0.15, -0.1) is 0 Å². The van der Waals surface area contributed by atoms with Crippen molar-refractivity contribution in [1.82, 2.24) is 19.7 Å². The highest BCUT2D eigenvalue weighted by Gasteiger charge is 2.32. The monoisotopic (exact) mass is 302 g/mol. The first-order valence-corrected chi connectivity index (χ1v) is 7.09. The minimum Gasteiger partial charge on any atom is -0.496 e. The minimum atomic E-state index is -0.710. The first-order chi connectivity index (χ1) is 10.7. The Morgan fingerprint density at radius 2 is 2.23 bits per heavy atom. The third-order valence-electron chi connectivity index (χ3n) is 3.86. The molecule has 116 valence electrons. The van der Waals surface area contributed by atoms with E-state index >= 15 is 0 Å². The zero-order chi connectivity index (χ0) is 15.5. The fraction of sp³-hybridized carbons (Fsp3) is 0.400. The molecule has 0 radical (unpaired) electrons. The smallest absolute Gasteiger partial charge is 0.309 e. The van der Waals surface area contributed by atoms with Gasteiger partial charge >= 0.3 is 5.97 Å². The summed E-state index contributed by atoms with van der Waals surface area (Å²) in [5.41, 5.74) is 2.17. The molecule has 1 fully saturated rings. The van der Waals surface area contributed by atoms with Crippen LogP contribution < -0.4 is 4.74 Å². The summed E-state index contributed by atoms with van der Waals surface area (Å²) in [6.45, 7) is 2.56. The lowest BCUT2D eigenvalue weighted by molar-refractivity contribution is -0.147. The molecule has 0 spiro atoms. The molecule has 7 nitrogen and oxygen atoms in total. The number of nitrogens with zero attached hydrogens (tertiary/aromatic N) is 4. The first kappa shape index (κ1) is 14.5. The molecule has 1 aromatic heterocycles. The Kier molecular flexibility index (Phi) is 4.06. The highest BCUT2D eigenvalue weighted by Crippen LogP contribution is 2.24. The highest BCUT2D eigenvalue weighted by molar-refractivity contribution is 5.71. The number of carboxylic acids is 1. The summed E-state index contributed by atoms with van der Waals surface area (Å²) in [6.07, 6.45) is 3.17. The van der Waals surface area contributed by atoms with Gasteiger partial charge in [0.1, 0.15) is 18.4 Å². The number of benzene rings is 1. The van der Waals surface area contributed by atoms with Crippen LogP contribution in [0.2, 0.25) is 0 Å². The van der Waals surface area contributed by atoms with E-state index in [2.05, 4.69) is 21.0 Å². The maximum atomic E-state index is 10.8. The molecular formula is C15H18N4O3. The number of carbonyl (C=O) groups is 1. The molecule has 1 aromatic carbocycles. The number of hydrogen-bond donors (Lipinski definition) is 1. The van der Waals surface area contributed by atoms with Gasteiger partial charge in [0.05, 0.1) is 19.6 Å². The second-order valence-corrected chi connectivity index (χ2v) is 5.47. The van der Waals surface area contributed by atoms with Gasteiger partial charge in [-0.25, -0.2) is 9.67 Å². The lowest BCUT2D eigenvalue weighted by Gasteiger charge is -2.36. The predicted molar refractivity (Wildman–Crippen MR) is 78.5 cm³/mol. The molecular weight excluding hydrogens is 284 g/mol. The maximum Gasteiger partial charge on any atom is 0.309 e. The molecule has 2 aromatic rings. The molecule has 1 N–H and O–H groups in total. The average molecular weight is 302 g/mol. The van der Waals surface area contributed by atoms with Gasteiger partial charge < -0.3 is 9.84 Å². The summed E-state index contributed by atoms with van der Waals surface area (Å²) in [4.78, 5) is 16.9. The number of methoxy groups -OCH3 is 1. The molecule has 0 atom stereocenters. The van der Waals surface area contributed by atoms with E-state index in [0.29, 0.717) is 19.6 Å². The molecule has 22 heavy (non-hydrogen) atoms. The van der Waals surface area contributed by atoms with Gasteiger partial charge in [-0.1, -0.05) is 6.07 Å². The number of likely N-dealkylation sites (tertiary alicyclic amines) is 1. The van der Waals surface area contributed by atoms with E-state index in [4.69, 9.17) is 9.84 Å². The van der Waals surface area contributed by atoms with Crippen LogP contribution in [0.5, 0.6) is 5.75 Å². The van der Waals surface area contributed by atoms with Crippen LogP contribution in [0, 0.1) is 5.92 Å². The fourth-order valence-electron chi connectivity index (χ4n) is 2.66. The van der Waals surface area contributed by atoms with Crippen molar-refractivity contribution in [1.29, 1.82) is 0 Å². The Balaban J connectivity index is 1.69. The molecule has 2 heterocycles. The summed E-state index contributed by atoms with van der Waals surface area (Å²) in [5.74, 6) is -0.128. The van der Waals surface area contributed by atoms with Crippen LogP contribution >= 0.6 is 0 Å². The standard InChI is InChI=1S/C15H18N4O3/c1-22-14-3-2-11(5-18-6-13(7-18)15(20)21)4-12(14)8-19-10-16-9-17-19/h2-4,9-10,13H,5-8H2,1H3,(H,20,21). The zero-order valence-electron chi connectivity index (χ0n) is 12.3. The van der Waals surface area contributed by atoms with Crippen molar-refractivity contribution in [3.63, 3.8) is 0 Å². The zero-order valence-corrected chi connectivity index (χ0v) is 12.3. The largest absolute Gasteiger partial charge is 0.496 e. The van der Waals surface area contributed by atoms with Gasteiger partial charge in [0, 0.05) is 25.2 Å². The number of aliphatic carboxylic acids is 1. The summed E-state index contributed by atoms with van der Waals surface area (Å²) in [6, 6.07) is 6.03. The summed E-state index contributed by atoms with van der Waals surface area (Å²) < 4.78 is 7.13. The molecule has 1 aliphatic heterocycles. The highest BCUT2D eigenvalue weighted by atomic mass is 16.5. The predicted octanol–water partition coefficient (Wildman–Crippen LogP) is 0.851. The van der Waals surface area contributed by atoms with Gasteiger partial charge in [-0.2, -0.15) is 5.10 Å². The van der Waals surface area contributed by atoms with E-state index in [0.717, 1.165) is 23.4 Å². The van der Waals surface area contributed by atoms with Crippen LogP contribution in [0.15, 0.2) is 30.9 Å². The maximum absolute atomic E-state index is 10.8. The summed E-state index contributed by atoms with van der Waals surface area (Å²) in [5, 5.41) is 13.0. The van der Waals surface area contributed by atoms with Crippen LogP contribution in [0.1, 0.15) is 11.1 Å². The quantitative estimate of drug-likeness (QED) is 0.852. The third kappa shape index (κ3) is 3.09. The van der Waals surface area contributed by atoms with Crippen LogP contribution in [-0.4, -0.2) is 50.9 Å². The Bertz CT molecular complexity index is 651. The van der Waals surface area contributed by atoms with Gasteiger partial charge in [0.25, 0.3) is 0 Å². The lowest BCUT2D eigenvalue weighted by atomic mass is 9.99. The number of carboxylic acid groups (broad SMARTS) is 1. The van der Waals surface area contributed by atoms with E-state index in [-0.39, 0.29) is 5.92 Å². The van der Waals surface area contributed by atoms with E-state index in [1.807, 2.05) is 12.1 Å². The molecule has 0 bridgehead atoms. The molecule has 7 heteroatoms. The van der Waals surface area contributed by atoms with E-state index in [9.17, 15) is 4.79 Å². The Morgan fingerprint density at radius 1 is 1.41 bits per heavy atom. The van der Waals surface area contributed by atoms with Crippen LogP contribution in [0.3, 0.4) is 0 Å². The molecule has 1 aliphatic rings. The third-order valence-corrected chi connectivity index (χ3v) is 3.86. The van der Waals surface area contributed by atoms with E-state index < -0.39 is 5.97 Å². The van der Waals surface area contributed by atoms with Crippen LogP contribution in [0.4, 0.5) is 0 Å². The van der Waals surface area contributed by atoms with Crippen LogP contribution in [-0.2, 0) is 17.9 Å². The van der Waals surface area contributed by atoms with Crippen molar-refractivity contribution >= 4 is 5.97 Å².